The summed E-state index contributed by atoms with van der Waals surface area (Å²) in [5.74, 6) is -0.0223. The van der Waals surface area contributed by atoms with Gasteiger partial charge in [-0.05, 0) is 70.1 Å². The zero-order chi connectivity index (χ0) is 21.9. The highest BCUT2D eigenvalue weighted by atomic mass is 127. The number of amides is 1. The molecule has 3 nitrogen and oxygen atoms in total. The molecule has 0 saturated carbocycles. The van der Waals surface area contributed by atoms with E-state index in [1.54, 1.807) is 0 Å². The molecule has 1 aliphatic heterocycles. The number of nitrogens with zero attached hydrogens (tertiary/aromatic N) is 2. The fourth-order valence-corrected chi connectivity index (χ4v) is 4.49. The standard InChI is InChI=1S/C28H21IN2O/c29-23-17-15-20(16-18-23)25-19-27(21-9-3-1-4-10-21)31(26-14-8-7-13-24(26)30-25)28(32)22-11-5-2-6-12-22/h1-18,27H,19H2/t27-/m1/s1. The van der Waals surface area contributed by atoms with Crippen LogP contribution in [0.3, 0.4) is 0 Å². The van der Waals surface area contributed by atoms with Gasteiger partial charge in [0.05, 0.1) is 23.1 Å². The summed E-state index contributed by atoms with van der Waals surface area (Å²) in [5.41, 5.74) is 5.45. The van der Waals surface area contributed by atoms with Crippen molar-refractivity contribution >= 4 is 45.6 Å². The number of carbonyl (C=O) groups excluding carboxylic acids is 1. The fraction of sp³-hybridized carbons (Fsp3) is 0.0714. The van der Waals surface area contributed by atoms with E-state index >= 15 is 0 Å². The highest BCUT2D eigenvalue weighted by Gasteiger charge is 2.32. The number of rotatable bonds is 3. The van der Waals surface area contributed by atoms with Gasteiger partial charge in [-0.25, -0.2) is 0 Å². The van der Waals surface area contributed by atoms with Crippen LogP contribution in [-0.2, 0) is 0 Å². The Balaban J connectivity index is 1.69. The maximum Gasteiger partial charge on any atom is 0.258 e. The number of halogens is 1. The Morgan fingerprint density at radius 3 is 2.12 bits per heavy atom. The Labute approximate surface area is 201 Å². The minimum absolute atomic E-state index is 0.0223. The Bertz CT molecular complexity index is 1270. The van der Waals surface area contributed by atoms with Crippen molar-refractivity contribution in [3.63, 3.8) is 0 Å². The normalized spacial score (nSPS) is 15.5. The van der Waals surface area contributed by atoms with E-state index < -0.39 is 0 Å². The maximum absolute atomic E-state index is 13.9. The topological polar surface area (TPSA) is 32.7 Å². The number of benzene rings is 4. The van der Waals surface area contributed by atoms with Gasteiger partial charge in [0.1, 0.15) is 0 Å². The first-order chi connectivity index (χ1) is 15.7. The molecule has 1 amide bonds. The van der Waals surface area contributed by atoms with Crippen molar-refractivity contribution in [1.82, 2.24) is 0 Å². The van der Waals surface area contributed by atoms with Crippen molar-refractivity contribution in [2.75, 3.05) is 4.90 Å². The summed E-state index contributed by atoms with van der Waals surface area (Å²) in [6, 6.07) is 35.9. The number of aliphatic imine (C=N–C) groups is 1. The van der Waals surface area contributed by atoms with E-state index in [0.717, 1.165) is 28.2 Å². The molecule has 1 heterocycles. The summed E-state index contributed by atoms with van der Waals surface area (Å²) in [5, 5.41) is 0. The van der Waals surface area contributed by atoms with Crippen LogP contribution in [0.25, 0.3) is 0 Å². The zero-order valence-corrected chi connectivity index (χ0v) is 19.5. The molecule has 0 aliphatic carbocycles. The second-order valence-electron chi connectivity index (χ2n) is 7.73. The molecule has 0 aromatic heterocycles. The Hall–Kier alpha value is -3.25. The minimum atomic E-state index is -0.175. The molecule has 0 fully saturated rings. The molecule has 5 rings (SSSR count). The molecule has 4 aromatic rings. The molecule has 0 unspecified atom stereocenters. The summed E-state index contributed by atoms with van der Waals surface area (Å²) in [6.07, 6.45) is 0.623. The molecule has 0 spiro atoms. The molecule has 0 radical (unpaired) electrons. The third kappa shape index (κ3) is 4.10. The highest BCUT2D eigenvalue weighted by molar-refractivity contribution is 14.1. The average Bonchev–Trinajstić information content (AvgIpc) is 3.02. The lowest BCUT2D eigenvalue weighted by molar-refractivity contribution is 0.0977. The molecule has 1 aliphatic rings. The summed E-state index contributed by atoms with van der Waals surface area (Å²) < 4.78 is 1.18. The fourth-order valence-electron chi connectivity index (χ4n) is 4.13. The molecule has 0 saturated heterocycles. The molecular formula is C28H21IN2O. The number of hydrogen-bond donors (Lipinski definition) is 0. The van der Waals surface area contributed by atoms with Gasteiger partial charge in [-0.2, -0.15) is 0 Å². The summed E-state index contributed by atoms with van der Waals surface area (Å²) in [4.78, 5) is 20.8. The van der Waals surface area contributed by atoms with E-state index in [1.807, 2.05) is 77.7 Å². The van der Waals surface area contributed by atoms with Gasteiger partial charge in [0.2, 0.25) is 0 Å². The summed E-state index contributed by atoms with van der Waals surface area (Å²) in [6.45, 7) is 0. The van der Waals surface area contributed by atoms with Crippen LogP contribution >= 0.6 is 22.6 Å². The predicted molar refractivity (Wildman–Crippen MR) is 139 cm³/mol. The molecule has 32 heavy (non-hydrogen) atoms. The van der Waals surface area contributed by atoms with E-state index in [-0.39, 0.29) is 11.9 Å². The number of para-hydroxylation sites is 2. The van der Waals surface area contributed by atoms with Gasteiger partial charge in [0.15, 0.2) is 0 Å². The van der Waals surface area contributed by atoms with E-state index in [4.69, 9.17) is 4.99 Å². The first-order valence-electron chi connectivity index (χ1n) is 10.6. The van der Waals surface area contributed by atoms with Crippen LogP contribution in [-0.4, -0.2) is 11.6 Å². The molecule has 156 valence electrons. The summed E-state index contributed by atoms with van der Waals surface area (Å²) in [7, 11) is 0. The van der Waals surface area contributed by atoms with Crippen molar-refractivity contribution in [3.8, 4) is 0 Å². The van der Waals surface area contributed by atoms with E-state index in [0.29, 0.717) is 12.0 Å². The molecule has 0 bridgehead atoms. The molecule has 4 aromatic carbocycles. The predicted octanol–water partition coefficient (Wildman–Crippen LogP) is 7.20. The SMILES string of the molecule is O=C(c1ccccc1)N1c2ccccc2N=C(c2ccc(I)cc2)C[C@@H]1c1ccccc1. The van der Waals surface area contributed by atoms with Gasteiger partial charge in [0, 0.05) is 15.6 Å². The van der Waals surface area contributed by atoms with Crippen LogP contribution in [0.5, 0.6) is 0 Å². The lowest BCUT2D eigenvalue weighted by Gasteiger charge is -2.32. The number of hydrogen-bond acceptors (Lipinski definition) is 2. The molecule has 1 atom stereocenters. The first-order valence-corrected chi connectivity index (χ1v) is 11.6. The summed E-state index contributed by atoms with van der Waals surface area (Å²) >= 11 is 2.31. The Morgan fingerprint density at radius 2 is 1.41 bits per heavy atom. The quantitative estimate of drug-likeness (QED) is 0.259. The van der Waals surface area contributed by atoms with Gasteiger partial charge < -0.3 is 0 Å². The molecule has 4 heteroatoms. The Morgan fingerprint density at radius 1 is 0.781 bits per heavy atom. The van der Waals surface area contributed by atoms with Crippen LogP contribution in [0.1, 0.15) is 33.9 Å². The highest BCUT2D eigenvalue weighted by Crippen LogP contribution is 2.41. The van der Waals surface area contributed by atoms with Crippen LogP contribution < -0.4 is 4.90 Å². The first kappa shape index (κ1) is 20.6. The second kappa shape index (κ2) is 9.09. The van der Waals surface area contributed by atoms with Gasteiger partial charge in [-0.15, -0.1) is 0 Å². The van der Waals surface area contributed by atoms with Crippen LogP contribution in [0, 0.1) is 3.57 Å². The van der Waals surface area contributed by atoms with Gasteiger partial charge >= 0.3 is 0 Å². The third-order valence-corrected chi connectivity index (χ3v) is 6.42. The number of fused-ring (bicyclic) bond motifs is 1. The largest absolute Gasteiger partial charge is 0.298 e. The zero-order valence-electron chi connectivity index (χ0n) is 17.4. The Kier molecular flexibility index (Phi) is 5.86. The monoisotopic (exact) mass is 528 g/mol. The third-order valence-electron chi connectivity index (χ3n) is 5.70. The van der Waals surface area contributed by atoms with E-state index in [1.165, 1.54) is 3.57 Å². The molecular weight excluding hydrogens is 507 g/mol. The van der Waals surface area contributed by atoms with E-state index in [2.05, 4.69) is 59.0 Å². The number of carbonyl (C=O) groups is 1. The smallest absolute Gasteiger partial charge is 0.258 e. The van der Waals surface area contributed by atoms with E-state index in [9.17, 15) is 4.79 Å². The maximum atomic E-state index is 13.9. The average molecular weight is 528 g/mol. The number of anilines is 1. The second-order valence-corrected chi connectivity index (χ2v) is 8.97. The van der Waals surface area contributed by atoms with Crippen LogP contribution in [0.15, 0.2) is 114 Å². The van der Waals surface area contributed by atoms with Crippen molar-refractivity contribution in [1.29, 1.82) is 0 Å². The molecule has 0 N–H and O–H groups in total. The van der Waals surface area contributed by atoms with Crippen molar-refractivity contribution in [2.24, 2.45) is 4.99 Å². The minimum Gasteiger partial charge on any atom is -0.298 e. The van der Waals surface area contributed by atoms with Crippen LogP contribution in [0.2, 0.25) is 0 Å². The van der Waals surface area contributed by atoms with Gasteiger partial charge in [0.25, 0.3) is 5.91 Å². The van der Waals surface area contributed by atoms with Crippen molar-refractivity contribution in [3.05, 3.63) is 129 Å². The van der Waals surface area contributed by atoms with Crippen molar-refractivity contribution in [2.45, 2.75) is 12.5 Å². The lowest BCUT2D eigenvalue weighted by Crippen LogP contribution is -2.35. The van der Waals surface area contributed by atoms with Crippen LogP contribution in [0.4, 0.5) is 11.4 Å². The van der Waals surface area contributed by atoms with Crippen molar-refractivity contribution < 1.29 is 4.79 Å². The van der Waals surface area contributed by atoms with Gasteiger partial charge in [-0.1, -0.05) is 72.8 Å². The lowest BCUT2D eigenvalue weighted by atomic mass is 9.95. The van der Waals surface area contributed by atoms with Gasteiger partial charge in [-0.3, -0.25) is 14.7 Å².